The van der Waals surface area contributed by atoms with Crippen molar-refractivity contribution >= 4 is 45.2 Å². The van der Waals surface area contributed by atoms with E-state index in [1.807, 2.05) is 64.1 Å². The number of hydrogen-bond acceptors (Lipinski definition) is 5. The molecule has 4 aromatic carbocycles. The number of imidazole rings is 2. The van der Waals surface area contributed by atoms with Gasteiger partial charge in [0.15, 0.2) is 17.4 Å². The van der Waals surface area contributed by atoms with Crippen LogP contribution in [0.2, 0.25) is 5.02 Å². The van der Waals surface area contributed by atoms with Crippen LogP contribution in [0, 0.1) is 11.6 Å². The van der Waals surface area contributed by atoms with Crippen molar-refractivity contribution in [3.8, 4) is 34.3 Å². The lowest BCUT2D eigenvalue weighted by molar-refractivity contribution is 0.408. The molecular weight excluding hydrogens is 608 g/mol. The van der Waals surface area contributed by atoms with Crippen LogP contribution in [0.4, 0.5) is 8.78 Å². The van der Waals surface area contributed by atoms with E-state index in [1.165, 1.54) is 18.2 Å². The Morgan fingerprint density at radius 3 is 2.11 bits per heavy atom. The first kappa shape index (κ1) is 30.8. The standard InChI is InChI=1S/C35H32ClF2N7O/c1-17(2)40-19(5)20-6-10-28-30(14-20)44-34(42-28)22-12-26(37)32(27(38)13-22)46-23-8-9-24(25(36)16-23)35-43-29-11-7-21(15-31(29)45-35)33(39)41-18(3)4/h6-18,40H,5H2,1-4H3,(H2,39,41)(H,42,44)(H,43,45). The fourth-order valence-corrected chi connectivity index (χ4v) is 5.34. The Morgan fingerprint density at radius 2 is 1.48 bits per heavy atom. The number of halogens is 3. The Bertz CT molecular complexity index is 2130. The second-order valence-corrected chi connectivity index (χ2v) is 11.9. The van der Waals surface area contributed by atoms with Gasteiger partial charge in [0.2, 0.25) is 0 Å². The number of rotatable bonds is 9. The van der Waals surface area contributed by atoms with Crippen LogP contribution in [0.25, 0.3) is 50.5 Å². The monoisotopic (exact) mass is 639 g/mol. The van der Waals surface area contributed by atoms with E-state index in [0.717, 1.165) is 27.9 Å². The summed E-state index contributed by atoms with van der Waals surface area (Å²) in [6, 6.07) is 18.5. The lowest BCUT2D eigenvalue weighted by Crippen LogP contribution is -2.20. The van der Waals surface area contributed by atoms with Crippen molar-refractivity contribution < 1.29 is 13.5 Å². The number of benzene rings is 4. The summed E-state index contributed by atoms with van der Waals surface area (Å²) in [6.07, 6.45) is 0. The molecule has 0 saturated carbocycles. The molecule has 0 aliphatic rings. The van der Waals surface area contributed by atoms with E-state index in [-0.39, 0.29) is 28.4 Å². The molecular formula is C35H32ClF2N7O. The summed E-state index contributed by atoms with van der Waals surface area (Å²) in [5.74, 6) is -0.908. The van der Waals surface area contributed by atoms with Crippen molar-refractivity contribution in [2.24, 2.45) is 10.7 Å². The molecule has 0 aliphatic carbocycles. The Balaban J connectivity index is 1.23. The van der Waals surface area contributed by atoms with Gasteiger partial charge in [0.1, 0.15) is 23.2 Å². The molecule has 0 aliphatic heterocycles. The van der Waals surface area contributed by atoms with Gasteiger partial charge in [0.05, 0.1) is 27.1 Å². The van der Waals surface area contributed by atoms with E-state index in [4.69, 9.17) is 22.1 Å². The summed E-state index contributed by atoms with van der Waals surface area (Å²) in [5, 5.41) is 3.55. The minimum Gasteiger partial charge on any atom is -0.451 e. The van der Waals surface area contributed by atoms with Crippen molar-refractivity contribution in [3.05, 3.63) is 101 Å². The van der Waals surface area contributed by atoms with Crippen LogP contribution in [0.3, 0.4) is 0 Å². The van der Waals surface area contributed by atoms with Crippen LogP contribution >= 0.6 is 11.6 Å². The highest BCUT2D eigenvalue weighted by Gasteiger charge is 2.18. The molecule has 234 valence electrons. The van der Waals surface area contributed by atoms with Gasteiger partial charge in [0, 0.05) is 40.5 Å². The summed E-state index contributed by atoms with van der Waals surface area (Å²) < 4.78 is 36.1. The predicted molar refractivity (Wildman–Crippen MR) is 181 cm³/mol. The molecule has 2 aromatic heterocycles. The summed E-state index contributed by atoms with van der Waals surface area (Å²) in [4.78, 5) is 19.9. The first-order valence-electron chi connectivity index (χ1n) is 14.7. The van der Waals surface area contributed by atoms with Crippen molar-refractivity contribution in [1.29, 1.82) is 0 Å². The van der Waals surface area contributed by atoms with Crippen LogP contribution in [-0.2, 0) is 0 Å². The number of nitrogens with two attached hydrogens (primary N) is 1. The van der Waals surface area contributed by atoms with E-state index in [1.54, 1.807) is 12.1 Å². The van der Waals surface area contributed by atoms with E-state index < -0.39 is 17.4 Å². The second kappa shape index (κ2) is 12.3. The molecule has 8 nitrogen and oxygen atoms in total. The van der Waals surface area contributed by atoms with Gasteiger partial charge in [-0.2, -0.15) is 0 Å². The maximum Gasteiger partial charge on any atom is 0.198 e. The van der Waals surface area contributed by atoms with Gasteiger partial charge in [-0.15, -0.1) is 0 Å². The SMILES string of the molecule is C=C(NC(C)C)c1ccc2nc(-c3cc(F)c(Oc4ccc(-c5nc6ccc(C(N)=NC(C)C)cc6[nH]5)c(Cl)c4)c(F)c3)[nH]c2c1. The number of amidine groups is 1. The maximum absolute atomic E-state index is 15.3. The lowest BCUT2D eigenvalue weighted by atomic mass is 10.1. The minimum atomic E-state index is -0.890. The first-order chi connectivity index (χ1) is 21.9. The highest BCUT2D eigenvalue weighted by Crippen LogP contribution is 2.36. The summed E-state index contributed by atoms with van der Waals surface area (Å²) >= 11 is 6.59. The van der Waals surface area contributed by atoms with Crippen LogP contribution in [0.15, 0.2) is 78.3 Å². The molecule has 46 heavy (non-hydrogen) atoms. The summed E-state index contributed by atoms with van der Waals surface area (Å²) in [7, 11) is 0. The van der Waals surface area contributed by atoms with E-state index in [9.17, 15) is 0 Å². The predicted octanol–water partition coefficient (Wildman–Crippen LogP) is 8.58. The number of aliphatic imine (C=N–C) groups is 1. The first-order valence-corrected chi connectivity index (χ1v) is 15.1. The molecule has 0 bridgehead atoms. The molecule has 0 atom stereocenters. The molecule has 0 spiro atoms. The average Bonchev–Trinajstić information content (AvgIpc) is 3.62. The highest BCUT2D eigenvalue weighted by molar-refractivity contribution is 6.33. The van der Waals surface area contributed by atoms with E-state index >= 15 is 8.78 Å². The third-order valence-corrected chi connectivity index (χ3v) is 7.47. The number of nitrogens with one attached hydrogen (secondary N) is 3. The number of aromatic nitrogens is 4. The van der Waals surface area contributed by atoms with E-state index in [0.29, 0.717) is 34.1 Å². The molecule has 6 aromatic rings. The van der Waals surface area contributed by atoms with Crippen molar-refractivity contribution in [2.45, 2.75) is 39.8 Å². The molecule has 6 rings (SSSR count). The fourth-order valence-electron chi connectivity index (χ4n) is 5.08. The van der Waals surface area contributed by atoms with Gasteiger partial charge in [-0.05, 0) is 87.9 Å². The van der Waals surface area contributed by atoms with Gasteiger partial charge in [-0.1, -0.05) is 24.2 Å². The Labute approximate surface area is 269 Å². The summed E-state index contributed by atoms with van der Waals surface area (Å²) in [5.41, 5.74) is 12.2. The second-order valence-electron chi connectivity index (χ2n) is 11.5. The van der Waals surface area contributed by atoms with Crippen LogP contribution in [0.1, 0.15) is 38.8 Å². The number of hydrogen-bond donors (Lipinski definition) is 4. The van der Waals surface area contributed by atoms with Crippen LogP contribution < -0.4 is 15.8 Å². The Hall–Kier alpha value is -5.22. The highest BCUT2D eigenvalue weighted by atomic mass is 35.5. The Morgan fingerprint density at radius 1 is 0.870 bits per heavy atom. The number of ether oxygens (including phenoxy) is 1. The number of aromatic amines is 2. The number of fused-ring (bicyclic) bond motifs is 2. The normalized spacial score (nSPS) is 12.1. The minimum absolute atomic E-state index is 0.0663. The topological polar surface area (TPSA) is 117 Å². The quantitative estimate of drug-likeness (QED) is 0.0934. The van der Waals surface area contributed by atoms with Gasteiger partial charge >= 0.3 is 0 Å². The lowest BCUT2D eigenvalue weighted by Gasteiger charge is -2.12. The third kappa shape index (κ3) is 6.29. The summed E-state index contributed by atoms with van der Waals surface area (Å²) in [6.45, 7) is 12.0. The maximum atomic E-state index is 15.3. The van der Waals surface area contributed by atoms with Crippen molar-refractivity contribution in [1.82, 2.24) is 25.3 Å². The molecule has 0 fully saturated rings. The van der Waals surface area contributed by atoms with Gasteiger partial charge in [0.25, 0.3) is 0 Å². The largest absolute Gasteiger partial charge is 0.451 e. The molecule has 0 saturated heterocycles. The zero-order valence-electron chi connectivity index (χ0n) is 25.7. The van der Waals surface area contributed by atoms with E-state index in [2.05, 4.69) is 36.8 Å². The van der Waals surface area contributed by atoms with Crippen LogP contribution in [0.5, 0.6) is 11.5 Å². The molecule has 0 radical (unpaired) electrons. The molecule has 0 unspecified atom stereocenters. The zero-order chi connectivity index (χ0) is 32.7. The fraction of sp³-hybridized carbons (Fsp3) is 0.171. The third-order valence-electron chi connectivity index (χ3n) is 7.16. The molecule has 5 N–H and O–H groups in total. The number of H-pyrrole nitrogens is 2. The zero-order valence-corrected chi connectivity index (χ0v) is 26.4. The molecule has 11 heteroatoms. The van der Waals surface area contributed by atoms with Crippen molar-refractivity contribution in [2.75, 3.05) is 0 Å². The Kier molecular flexibility index (Phi) is 8.22. The molecule has 2 heterocycles. The number of nitrogens with zero attached hydrogens (tertiary/aromatic N) is 3. The van der Waals surface area contributed by atoms with Gasteiger partial charge in [-0.25, -0.2) is 18.7 Å². The molecule has 0 amide bonds. The van der Waals surface area contributed by atoms with Crippen LogP contribution in [-0.4, -0.2) is 37.9 Å². The van der Waals surface area contributed by atoms with Crippen molar-refractivity contribution in [3.63, 3.8) is 0 Å². The average molecular weight is 640 g/mol. The smallest absolute Gasteiger partial charge is 0.198 e. The van der Waals surface area contributed by atoms with Gasteiger partial charge < -0.3 is 25.8 Å². The van der Waals surface area contributed by atoms with Gasteiger partial charge in [-0.3, -0.25) is 4.99 Å².